The minimum absolute atomic E-state index is 0.0397. The summed E-state index contributed by atoms with van der Waals surface area (Å²) in [6, 6.07) is 15.5. The smallest absolute Gasteiger partial charge is 0.309 e. The van der Waals surface area contributed by atoms with Crippen LogP contribution in [0.25, 0.3) is 0 Å². The molecule has 3 atom stereocenters. The van der Waals surface area contributed by atoms with Crippen LogP contribution in [-0.4, -0.2) is 65.0 Å². The number of nitrogens with zero attached hydrogens (tertiary/aromatic N) is 2. The Hall–Kier alpha value is -3.52. The number of benzene rings is 2. The third-order valence-corrected chi connectivity index (χ3v) is 7.52. The van der Waals surface area contributed by atoms with Gasteiger partial charge in [0.15, 0.2) is 0 Å². The highest BCUT2D eigenvalue weighted by Crippen LogP contribution is 2.26. The van der Waals surface area contributed by atoms with Crippen molar-refractivity contribution in [3.63, 3.8) is 0 Å². The number of hydrogen-bond donors (Lipinski definition) is 1. The monoisotopic (exact) mass is 536 g/mol. The van der Waals surface area contributed by atoms with Crippen molar-refractivity contribution in [3.05, 3.63) is 83.7 Å². The predicted molar refractivity (Wildman–Crippen MR) is 145 cm³/mol. The molecule has 0 bridgehead atoms. The van der Waals surface area contributed by atoms with Gasteiger partial charge >= 0.3 is 5.97 Å². The Morgan fingerprint density at radius 3 is 2.44 bits per heavy atom. The molecule has 2 aromatic carbocycles. The number of halogens is 1. The summed E-state index contributed by atoms with van der Waals surface area (Å²) < 4.78 is 19.0. The zero-order chi connectivity index (χ0) is 27.6. The standard InChI is InChI=1S/C31H37FN2O5/c32-27-14-12-23(13-15-27)19-26-10-5-4-9-25(30(37)34-16-6-11-28(34)22-39-31(26)38)20-29(36)33(17-18-35)21-24-7-2-1-3-8-24/h1-5,7-8,12-15,25-26,28,35H,6,9-11,16-22H2/b5-4-/t25-,26+,28+/m1/s1. The summed E-state index contributed by atoms with van der Waals surface area (Å²) in [5.74, 6) is -1.90. The fourth-order valence-electron chi connectivity index (χ4n) is 5.35. The Labute approximate surface area is 229 Å². The largest absolute Gasteiger partial charge is 0.463 e. The van der Waals surface area contributed by atoms with Crippen molar-refractivity contribution >= 4 is 17.8 Å². The van der Waals surface area contributed by atoms with E-state index in [2.05, 4.69) is 0 Å². The zero-order valence-electron chi connectivity index (χ0n) is 22.2. The fraction of sp³-hybridized carbons (Fsp3) is 0.452. The normalized spacial score (nSPS) is 22.8. The van der Waals surface area contributed by atoms with Crippen molar-refractivity contribution in [2.24, 2.45) is 11.8 Å². The van der Waals surface area contributed by atoms with Crippen LogP contribution in [0.1, 0.15) is 43.2 Å². The number of amides is 2. The lowest BCUT2D eigenvalue weighted by molar-refractivity contribution is -0.152. The highest BCUT2D eigenvalue weighted by Gasteiger charge is 2.35. The van der Waals surface area contributed by atoms with Crippen molar-refractivity contribution in [2.75, 3.05) is 26.3 Å². The van der Waals surface area contributed by atoms with Crippen LogP contribution < -0.4 is 0 Å². The number of rotatable bonds is 8. The summed E-state index contributed by atoms with van der Waals surface area (Å²) in [4.78, 5) is 43.3. The van der Waals surface area contributed by atoms with Crippen LogP contribution in [0.3, 0.4) is 0 Å². The SMILES string of the molecule is O=C1OC[C@@H]2CCCN2C(=O)[C@@H](CC(=O)N(CCO)Cc2ccccc2)C/C=C\C[C@H]1Cc1ccc(F)cc1. The molecular formula is C31H37FN2O5. The summed E-state index contributed by atoms with van der Waals surface area (Å²) in [5, 5.41) is 9.58. The van der Waals surface area contributed by atoms with E-state index < -0.39 is 11.8 Å². The number of fused-ring (bicyclic) bond motifs is 1. The van der Waals surface area contributed by atoms with Gasteiger partial charge in [0.2, 0.25) is 11.8 Å². The van der Waals surface area contributed by atoms with E-state index in [1.54, 1.807) is 21.9 Å². The number of cyclic esters (lactones) is 1. The molecule has 0 aliphatic carbocycles. The Kier molecular flexibility index (Phi) is 10.3. The van der Waals surface area contributed by atoms with Gasteiger partial charge in [-0.05, 0) is 55.4 Å². The van der Waals surface area contributed by atoms with E-state index in [1.165, 1.54) is 12.1 Å². The molecule has 0 saturated carbocycles. The first-order valence-corrected chi connectivity index (χ1v) is 13.7. The van der Waals surface area contributed by atoms with Gasteiger partial charge in [0, 0.05) is 26.1 Å². The Morgan fingerprint density at radius 2 is 1.72 bits per heavy atom. The Balaban J connectivity index is 1.50. The molecule has 2 aromatic rings. The average Bonchev–Trinajstić information content (AvgIpc) is 3.41. The molecule has 2 heterocycles. The highest BCUT2D eigenvalue weighted by atomic mass is 19.1. The molecule has 1 N–H and O–H groups in total. The molecule has 0 unspecified atom stereocenters. The summed E-state index contributed by atoms with van der Waals surface area (Å²) >= 11 is 0. The first-order valence-electron chi connectivity index (χ1n) is 13.7. The van der Waals surface area contributed by atoms with Gasteiger partial charge in [-0.25, -0.2) is 4.39 Å². The molecule has 8 heteroatoms. The second kappa shape index (κ2) is 14.0. The highest BCUT2D eigenvalue weighted by molar-refractivity contribution is 5.86. The number of aliphatic hydroxyl groups is 1. The van der Waals surface area contributed by atoms with Crippen LogP contribution in [0.2, 0.25) is 0 Å². The lowest BCUT2D eigenvalue weighted by Gasteiger charge is -2.30. The molecule has 0 aromatic heterocycles. The van der Waals surface area contributed by atoms with E-state index in [4.69, 9.17) is 4.74 Å². The van der Waals surface area contributed by atoms with Crippen LogP contribution in [0.4, 0.5) is 4.39 Å². The van der Waals surface area contributed by atoms with Crippen LogP contribution in [0.15, 0.2) is 66.7 Å². The second-order valence-corrected chi connectivity index (χ2v) is 10.4. The minimum atomic E-state index is -0.544. The Bertz CT molecular complexity index is 1140. The molecule has 0 spiro atoms. The lowest BCUT2D eigenvalue weighted by Crippen LogP contribution is -2.44. The second-order valence-electron chi connectivity index (χ2n) is 10.4. The number of ether oxygens (including phenoxy) is 1. The van der Waals surface area contributed by atoms with Crippen LogP contribution >= 0.6 is 0 Å². The van der Waals surface area contributed by atoms with E-state index in [0.29, 0.717) is 32.4 Å². The molecule has 4 rings (SSSR count). The van der Waals surface area contributed by atoms with Gasteiger partial charge in [0.05, 0.1) is 24.5 Å². The maximum atomic E-state index is 13.6. The molecule has 2 amide bonds. The minimum Gasteiger partial charge on any atom is -0.463 e. The molecule has 0 radical (unpaired) electrons. The fourth-order valence-corrected chi connectivity index (χ4v) is 5.35. The quantitative estimate of drug-likeness (QED) is 0.409. The molecule has 1 fully saturated rings. The van der Waals surface area contributed by atoms with Gasteiger partial charge in [-0.1, -0.05) is 54.6 Å². The molecule has 1 saturated heterocycles. The molecule has 208 valence electrons. The van der Waals surface area contributed by atoms with Gasteiger partial charge in [-0.15, -0.1) is 0 Å². The van der Waals surface area contributed by atoms with Crippen LogP contribution in [0, 0.1) is 17.7 Å². The van der Waals surface area contributed by atoms with E-state index >= 15 is 0 Å². The van der Waals surface area contributed by atoms with Gasteiger partial charge < -0.3 is 19.6 Å². The van der Waals surface area contributed by atoms with Crippen molar-refractivity contribution in [2.45, 2.75) is 51.1 Å². The van der Waals surface area contributed by atoms with Crippen molar-refractivity contribution in [1.82, 2.24) is 9.80 Å². The predicted octanol–water partition coefficient (Wildman–Crippen LogP) is 3.90. The average molecular weight is 537 g/mol. The molecule has 2 aliphatic rings. The van der Waals surface area contributed by atoms with Crippen molar-refractivity contribution in [3.8, 4) is 0 Å². The summed E-state index contributed by atoms with van der Waals surface area (Å²) in [6.45, 7) is 1.09. The third kappa shape index (κ3) is 7.99. The number of esters is 1. The number of aliphatic hydroxyl groups excluding tert-OH is 1. The number of carbonyl (C=O) groups excluding carboxylic acids is 3. The van der Waals surface area contributed by atoms with E-state index in [-0.39, 0.29) is 55.8 Å². The maximum Gasteiger partial charge on any atom is 0.309 e. The zero-order valence-corrected chi connectivity index (χ0v) is 22.2. The van der Waals surface area contributed by atoms with Gasteiger partial charge in [0.25, 0.3) is 0 Å². The summed E-state index contributed by atoms with van der Waals surface area (Å²) in [7, 11) is 0. The summed E-state index contributed by atoms with van der Waals surface area (Å²) in [6.07, 6.45) is 6.57. The van der Waals surface area contributed by atoms with E-state index in [1.807, 2.05) is 42.5 Å². The van der Waals surface area contributed by atoms with Crippen molar-refractivity contribution in [1.29, 1.82) is 0 Å². The number of hydrogen-bond acceptors (Lipinski definition) is 5. The van der Waals surface area contributed by atoms with E-state index in [9.17, 15) is 23.9 Å². The van der Waals surface area contributed by atoms with Gasteiger partial charge in [0.1, 0.15) is 12.4 Å². The van der Waals surface area contributed by atoms with E-state index in [0.717, 1.165) is 24.0 Å². The number of allylic oxidation sites excluding steroid dienone is 2. The number of carbonyl (C=O) groups is 3. The molecular weight excluding hydrogens is 499 g/mol. The first kappa shape index (κ1) is 28.5. The maximum absolute atomic E-state index is 13.6. The van der Waals surface area contributed by atoms with Gasteiger partial charge in [-0.2, -0.15) is 0 Å². The van der Waals surface area contributed by atoms with Gasteiger partial charge in [-0.3, -0.25) is 14.4 Å². The third-order valence-electron chi connectivity index (χ3n) is 7.52. The van der Waals surface area contributed by atoms with Crippen molar-refractivity contribution < 1.29 is 28.6 Å². The molecule has 39 heavy (non-hydrogen) atoms. The summed E-state index contributed by atoms with van der Waals surface area (Å²) in [5.41, 5.74) is 1.81. The van der Waals surface area contributed by atoms with Crippen LogP contribution in [0.5, 0.6) is 0 Å². The Morgan fingerprint density at radius 1 is 1.00 bits per heavy atom. The first-order chi connectivity index (χ1) is 18.9. The topological polar surface area (TPSA) is 87.2 Å². The van der Waals surface area contributed by atoms with Crippen LogP contribution in [-0.2, 0) is 32.1 Å². The lowest BCUT2D eigenvalue weighted by atomic mass is 9.94. The molecule has 7 nitrogen and oxygen atoms in total. The molecule has 2 aliphatic heterocycles.